The van der Waals surface area contributed by atoms with Crippen molar-refractivity contribution in [3.63, 3.8) is 0 Å². The van der Waals surface area contributed by atoms with Gasteiger partial charge in [0.05, 0.1) is 33.3 Å². The average Bonchev–Trinajstić information content (AvgIpc) is 2.60. The van der Waals surface area contributed by atoms with Crippen molar-refractivity contribution >= 4 is 17.6 Å². The van der Waals surface area contributed by atoms with Crippen LogP contribution in [0, 0.1) is 0 Å². The Hall–Kier alpha value is -2.28. The van der Waals surface area contributed by atoms with Gasteiger partial charge in [-0.3, -0.25) is 10.1 Å². The van der Waals surface area contributed by atoms with Crippen LogP contribution in [0.5, 0.6) is 5.75 Å². The molecule has 1 atom stereocenters. The maximum Gasteiger partial charge on any atom is 0.321 e. The third kappa shape index (κ3) is 5.35. The summed E-state index contributed by atoms with van der Waals surface area (Å²) in [4.78, 5) is 27.4. The molecule has 2 rings (SSSR count). The Morgan fingerprint density at radius 2 is 1.72 bits per heavy atom. The normalized spacial score (nSPS) is 16.4. The number of benzene rings is 1. The highest BCUT2D eigenvalue weighted by atomic mass is 16.5. The number of urea groups is 1. The number of piperazine rings is 1. The summed E-state index contributed by atoms with van der Waals surface area (Å²) in [5.74, 6) is 0.615. The van der Waals surface area contributed by atoms with E-state index < -0.39 is 6.03 Å². The smallest absolute Gasteiger partial charge is 0.321 e. The maximum absolute atomic E-state index is 12.2. The monoisotopic (exact) mass is 349 g/mol. The van der Waals surface area contributed by atoms with Crippen LogP contribution in [0.15, 0.2) is 24.3 Å². The van der Waals surface area contributed by atoms with Crippen LogP contribution in [0.3, 0.4) is 0 Å². The average molecular weight is 349 g/mol. The molecule has 0 aliphatic carbocycles. The number of ether oxygens (including phenoxy) is 1. The fourth-order valence-corrected chi connectivity index (χ4v) is 2.98. The second-order valence-electron chi connectivity index (χ2n) is 6.68. The number of nitrogens with one attached hydrogen (secondary N) is 3. The van der Waals surface area contributed by atoms with Gasteiger partial charge in [-0.25, -0.2) is 4.79 Å². The van der Waals surface area contributed by atoms with E-state index in [0.717, 1.165) is 37.6 Å². The number of carbonyl (C=O) groups excluding carboxylic acids is 2. The van der Waals surface area contributed by atoms with Crippen molar-refractivity contribution in [2.45, 2.75) is 32.9 Å². The minimum Gasteiger partial charge on any atom is -0.497 e. The van der Waals surface area contributed by atoms with Crippen molar-refractivity contribution in [1.29, 1.82) is 0 Å². The first kappa shape index (κ1) is 19.1. The molecule has 0 aromatic heterocycles. The summed E-state index contributed by atoms with van der Waals surface area (Å²) in [6, 6.07) is 7.34. The molecule has 0 spiro atoms. The molecule has 1 fully saturated rings. The second-order valence-corrected chi connectivity index (χ2v) is 6.68. The van der Waals surface area contributed by atoms with Gasteiger partial charge < -0.3 is 19.9 Å². The number of anilines is 1. The summed E-state index contributed by atoms with van der Waals surface area (Å²) in [6.45, 7) is 9.04. The van der Waals surface area contributed by atoms with Gasteiger partial charge in [0.25, 0.3) is 5.91 Å². The molecule has 0 saturated carbocycles. The van der Waals surface area contributed by atoms with E-state index in [1.165, 1.54) is 4.90 Å². The van der Waals surface area contributed by atoms with Crippen LogP contribution in [-0.2, 0) is 4.79 Å². The molecule has 1 aromatic carbocycles. The molecule has 3 amide bonds. The molecule has 1 aliphatic rings. The van der Waals surface area contributed by atoms with Crippen molar-refractivity contribution in [2.75, 3.05) is 38.2 Å². The molecule has 25 heavy (non-hydrogen) atoms. The summed E-state index contributed by atoms with van der Waals surface area (Å²) in [6.07, 6.45) is 0. The lowest BCUT2D eigenvalue weighted by Crippen LogP contribution is -3.19. The highest BCUT2D eigenvalue weighted by Crippen LogP contribution is 2.18. The topological polar surface area (TPSA) is 75.1 Å². The fraction of sp³-hybridized carbons (Fsp3) is 0.556. The van der Waals surface area contributed by atoms with E-state index in [1.54, 1.807) is 7.11 Å². The van der Waals surface area contributed by atoms with Gasteiger partial charge in [0, 0.05) is 11.7 Å². The number of hydrogen-bond acceptors (Lipinski definition) is 4. The molecule has 0 radical (unpaired) electrons. The first-order valence-electron chi connectivity index (χ1n) is 8.75. The van der Waals surface area contributed by atoms with Gasteiger partial charge in [-0.1, -0.05) is 0 Å². The number of nitrogens with zero attached hydrogens (tertiary/aromatic N) is 1. The number of quaternary nitrogens is 1. The molecule has 1 saturated heterocycles. The molecule has 7 nitrogen and oxygen atoms in total. The van der Waals surface area contributed by atoms with Crippen LogP contribution < -0.4 is 25.2 Å². The lowest BCUT2D eigenvalue weighted by Gasteiger charge is -2.36. The van der Waals surface area contributed by atoms with Crippen LogP contribution in [-0.4, -0.2) is 57.3 Å². The zero-order valence-corrected chi connectivity index (χ0v) is 15.5. The Kier molecular flexibility index (Phi) is 6.64. The van der Waals surface area contributed by atoms with Crippen molar-refractivity contribution in [3.05, 3.63) is 24.3 Å². The van der Waals surface area contributed by atoms with E-state index in [0.29, 0.717) is 0 Å². The number of methoxy groups -OCH3 is 1. The molecule has 0 unspecified atom stereocenters. The summed E-state index contributed by atoms with van der Waals surface area (Å²) in [5.41, 5.74) is 1.16. The van der Waals surface area contributed by atoms with Crippen LogP contribution in [0.2, 0.25) is 0 Å². The van der Waals surface area contributed by atoms with Crippen LogP contribution in [0.25, 0.3) is 0 Å². The SMILES string of the molecule is COc1ccc(N2CC[NH+]([C@@H](C)C(=O)NC(=O)NC(C)C)CC2)cc1. The van der Waals surface area contributed by atoms with Gasteiger partial charge in [-0.05, 0) is 45.0 Å². The molecule has 138 valence electrons. The van der Waals surface area contributed by atoms with Gasteiger partial charge in [-0.2, -0.15) is 0 Å². The fourth-order valence-electron chi connectivity index (χ4n) is 2.98. The van der Waals surface area contributed by atoms with Crippen LogP contribution >= 0.6 is 0 Å². The third-order valence-electron chi connectivity index (χ3n) is 4.51. The maximum atomic E-state index is 12.2. The number of hydrogen-bond donors (Lipinski definition) is 3. The molecular formula is C18H29N4O3+. The van der Waals surface area contributed by atoms with Crippen molar-refractivity contribution < 1.29 is 19.2 Å². The number of rotatable bonds is 5. The van der Waals surface area contributed by atoms with E-state index in [4.69, 9.17) is 4.74 Å². The van der Waals surface area contributed by atoms with Crippen molar-refractivity contribution in [2.24, 2.45) is 0 Å². The first-order chi connectivity index (χ1) is 11.9. The van der Waals surface area contributed by atoms with E-state index in [-0.39, 0.29) is 18.0 Å². The van der Waals surface area contributed by atoms with Gasteiger partial charge in [0.1, 0.15) is 5.75 Å². The Morgan fingerprint density at radius 1 is 1.12 bits per heavy atom. The Balaban J connectivity index is 1.83. The van der Waals surface area contributed by atoms with Gasteiger partial charge in [-0.15, -0.1) is 0 Å². The highest BCUT2D eigenvalue weighted by Gasteiger charge is 2.30. The first-order valence-corrected chi connectivity index (χ1v) is 8.75. The quantitative estimate of drug-likeness (QED) is 0.701. The van der Waals surface area contributed by atoms with E-state index in [1.807, 2.05) is 32.9 Å². The summed E-state index contributed by atoms with van der Waals surface area (Å²) >= 11 is 0. The van der Waals surface area contributed by atoms with Crippen molar-refractivity contribution in [1.82, 2.24) is 10.6 Å². The molecule has 3 N–H and O–H groups in total. The molecule has 1 aliphatic heterocycles. The zero-order valence-electron chi connectivity index (χ0n) is 15.5. The van der Waals surface area contributed by atoms with Gasteiger partial charge in [0.15, 0.2) is 6.04 Å². The number of imide groups is 1. The van der Waals surface area contributed by atoms with Gasteiger partial charge in [0.2, 0.25) is 0 Å². The Bertz CT molecular complexity index is 580. The lowest BCUT2D eigenvalue weighted by atomic mass is 10.2. The number of amides is 3. The Labute approximate surface area is 149 Å². The van der Waals surface area contributed by atoms with Crippen molar-refractivity contribution in [3.8, 4) is 5.75 Å². The molecule has 1 heterocycles. The Morgan fingerprint density at radius 3 is 2.24 bits per heavy atom. The number of carbonyl (C=O) groups is 2. The predicted molar refractivity (Wildman–Crippen MR) is 97.2 cm³/mol. The largest absolute Gasteiger partial charge is 0.497 e. The van der Waals surface area contributed by atoms with Gasteiger partial charge >= 0.3 is 6.03 Å². The van der Waals surface area contributed by atoms with Crippen LogP contribution in [0.4, 0.5) is 10.5 Å². The molecule has 7 heteroatoms. The summed E-state index contributed by atoms with van der Waals surface area (Å²) in [5, 5.41) is 5.10. The zero-order chi connectivity index (χ0) is 18.4. The minimum atomic E-state index is -0.428. The lowest BCUT2D eigenvalue weighted by molar-refractivity contribution is -0.914. The third-order valence-corrected chi connectivity index (χ3v) is 4.51. The molecule has 0 bridgehead atoms. The van der Waals surface area contributed by atoms with E-state index in [9.17, 15) is 9.59 Å². The summed E-state index contributed by atoms with van der Waals surface area (Å²) in [7, 11) is 1.66. The van der Waals surface area contributed by atoms with Crippen LogP contribution in [0.1, 0.15) is 20.8 Å². The predicted octanol–water partition coefficient (Wildman–Crippen LogP) is 0.0228. The molecule has 1 aromatic rings. The standard InChI is InChI=1S/C18H28N4O3/c1-13(2)19-18(24)20-17(23)14(3)21-9-11-22(12-10-21)15-5-7-16(25-4)8-6-15/h5-8,13-14H,9-12H2,1-4H3,(H2,19,20,23,24)/p+1/t14-/m0/s1. The molecular weight excluding hydrogens is 320 g/mol. The second kappa shape index (κ2) is 8.71. The van der Waals surface area contributed by atoms with E-state index >= 15 is 0 Å². The minimum absolute atomic E-state index is 0.00324. The summed E-state index contributed by atoms with van der Waals surface area (Å²) < 4.78 is 5.19. The van der Waals surface area contributed by atoms with E-state index in [2.05, 4.69) is 27.7 Å². The highest BCUT2D eigenvalue weighted by molar-refractivity contribution is 5.96.